The Balaban J connectivity index is 2.67. The summed E-state index contributed by atoms with van der Waals surface area (Å²) in [5.74, 6) is 0. The molecule has 13 heavy (non-hydrogen) atoms. The summed E-state index contributed by atoms with van der Waals surface area (Å²) >= 11 is 0. The van der Waals surface area contributed by atoms with Crippen molar-refractivity contribution in [3.63, 3.8) is 0 Å². The van der Waals surface area contributed by atoms with Crippen molar-refractivity contribution in [1.29, 1.82) is 0 Å². The van der Waals surface area contributed by atoms with Crippen LogP contribution < -0.4 is 0 Å². The molecule has 6 heteroatoms. The number of hydrogen-bond donors (Lipinski definition) is 0. The summed E-state index contributed by atoms with van der Waals surface area (Å²) in [6.45, 7) is 3.02. The topological polar surface area (TPSA) is 52.6 Å². The molecule has 1 aliphatic rings. The average Bonchev–Trinajstić information content (AvgIpc) is 2.04. The third kappa shape index (κ3) is 3.09. The quantitative estimate of drug-likeness (QED) is 0.669. The molecule has 1 heterocycles. The molecule has 0 spiro atoms. The first kappa shape index (κ1) is 11.2. The summed E-state index contributed by atoms with van der Waals surface area (Å²) < 4.78 is 32.5. The number of rotatable bonds is 3. The van der Waals surface area contributed by atoms with Crippen molar-refractivity contribution in [3.05, 3.63) is 0 Å². The molecule has 2 unspecified atom stereocenters. The van der Waals surface area contributed by atoms with Gasteiger partial charge in [-0.15, -0.1) is 0 Å². The highest BCUT2D eigenvalue weighted by atomic mass is 35.7. The van der Waals surface area contributed by atoms with E-state index in [9.17, 15) is 8.42 Å². The van der Waals surface area contributed by atoms with Gasteiger partial charge in [-0.3, -0.25) is 0 Å². The number of ether oxygens (including phenoxy) is 2. The highest BCUT2D eigenvalue weighted by Crippen LogP contribution is 2.21. The van der Waals surface area contributed by atoms with Crippen molar-refractivity contribution in [3.8, 4) is 0 Å². The van der Waals surface area contributed by atoms with Crippen LogP contribution >= 0.6 is 10.7 Å². The molecule has 0 radical (unpaired) electrons. The normalized spacial score (nSPS) is 30.3. The Morgan fingerprint density at radius 2 is 2.31 bits per heavy atom. The molecular formula is C7H13ClO4S. The Hall–Kier alpha value is 0.160. The summed E-state index contributed by atoms with van der Waals surface area (Å²) in [5, 5.41) is -0.622. The van der Waals surface area contributed by atoms with Crippen LogP contribution in [-0.2, 0) is 18.5 Å². The van der Waals surface area contributed by atoms with Gasteiger partial charge in [-0.2, -0.15) is 0 Å². The lowest BCUT2D eigenvalue weighted by Gasteiger charge is -2.28. The van der Waals surface area contributed by atoms with E-state index in [2.05, 4.69) is 0 Å². The van der Waals surface area contributed by atoms with E-state index < -0.39 is 20.4 Å². The van der Waals surface area contributed by atoms with E-state index in [4.69, 9.17) is 20.2 Å². The summed E-state index contributed by atoms with van der Waals surface area (Å²) in [7, 11) is 1.75. The van der Waals surface area contributed by atoms with Gasteiger partial charge in [0.1, 0.15) is 5.25 Å². The van der Waals surface area contributed by atoms with Crippen LogP contribution in [0.25, 0.3) is 0 Å². The van der Waals surface area contributed by atoms with E-state index in [-0.39, 0.29) is 0 Å². The van der Waals surface area contributed by atoms with Gasteiger partial charge in [0.2, 0.25) is 9.05 Å². The molecule has 0 aromatic heterocycles. The highest BCUT2D eigenvalue weighted by Gasteiger charge is 2.35. The van der Waals surface area contributed by atoms with Gasteiger partial charge in [-0.25, -0.2) is 8.42 Å². The summed E-state index contributed by atoms with van der Waals surface area (Å²) in [4.78, 5) is 0. The van der Waals surface area contributed by atoms with Crippen molar-refractivity contribution in [2.45, 2.75) is 24.7 Å². The van der Waals surface area contributed by atoms with E-state index >= 15 is 0 Å². The zero-order valence-corrected chi connectivity index (χ0v) is 8.97. The molecule has 1 saturated heterocycles. The van der Waals surface area contributed by atoms with Crippen LogP contribution in [0.3, 0.4) is 0 Å². The Morgan fingerprint density at radius 3 is 2.85 bits per heavy atom. The Bertz CT molecular complexity index is 249. The standard InChI is InChI=1S/C7H13ClO4S/c1-2-12-6-5-11-4-3-7(6)13(8,9)10/h6-7H,2-5H2,1H3. The van der Waals surface area contributed by atoms with E-state index in [0.29, 0.717) is 26.2 Å². The van der Waals surface area contributed by atoms with Crippen LogP contribution in [0.1, 0.15) is 13.3 Å². The smallest absolute Gasteiger partial charge is 0.238 e. The molecule has 4 nitrogen and oxygen atoms in total. The van der Waals surface area contributed by atoms with Crippen molar-refractivity contribution in [1.82, 2.24) is 0 Å². The molecule has 0 aromatic carbocycles. The first-order valence-corrected chi connectivity index (χ1v) is 6.55. The van der Waals surface area contributed by atoms with Crippen LogP contribution in [0.5, 0.6) is 0 Å². The Morgan fingerprint density at radius 1 is 1.62 bits per heavy atom. The largest absolute Gasteiger partial charge is 0.379 e. The predicted molar refractivity (Wildman–Crippen MR) is 49.4 cm³/mol. The van der Waals surface area contributed by atoms with E-state index in [1.54, 1.807) is 0 Å². The van der Waals surface area contributed by atoms with Crippen molar-refractivity contribution >= 4 is 19.7 Å². The lowest BCUT2D eigenvalue weighted by molar-refractivity contribution is -0.0426. The SMILES string of the molecule is CCOC1COCCC1S(=O)(=O)Cl. The van der Waals surface area contributed by atoms with E-state index in [1.807, 2.05) is 6.92 Å². The van der Waals surface area contributed by atoms with Crippen LogP contribution in [-0.4, -0.2) is 39.6 Å². The van der Waals surface area contributed by atoms with Gasteiger partial charge >= 0.3 is 0 Å². The van der Waals surface area contributed by atoms with Gasteiger partial charge < -0.3 is 9.47 Å². The van der Waals surface area contributed by atoms with Gasteiger partial charge in [0.25, 0.3) is 0 Å². The first-order valence-electron chi connectivity index (χ1n) is 4.18. The minimum Gasteiger partial charge on any atom is -0.379 e. The molecule has 0 aliphatic carbocycles. The second kappa shape index (κ2) is 4.59. The molecule has 0 saturated carbocycles. The van der Waals surface area contributed by atoms with Crippen LogP contribution in [0.15, 0.2) is 0 Å². The molecule has 2 atom stereocenters. The lowest BCUT2D eigenvalue weighted by Crippen LogP contribution is -2.42. The Labute approximate surface area is 82.6 Å². The van der Waals surface area contributed by atoms with Gasteiger partial charge in [-0.1, -0.05) is 0 Å². The number of halogens is 1. The zero-order valence-electron chi connectivity index (χ0n) is 7.40. The lowest BCUT2D eigenvalue weighted by atomic mass is 10.1. The fourth-order valence-corrected chi connectivity index (χ4v) is 2.89. The summed E-state index contributed by atoms with van der Waals surface area (Å²) in [5.41, 5.74) is 0. The second-order valence-corrected chi connectivity index (χ2v) is 5.72. The molecule has 1 fully saturated rings. The maximum absolute atomic E-state index is 11.1. The predicted octanol–water partition coefficient (Wildman–Crippen LogP) is 0.749. The van der Waals surface area contributed by atoms with Crippen molar-refractivity contribution in [2.75, 3.05) is 19.8 Å². The third-order valence-electron chi connectivity index (χ3n) is 1.99. The van der Waals surface area contributed by atoms with E-state index in [0.717, 1.165) is 0 Å². The minimum atomic E-state index is -3.53. The van der Waals surface area contributed by atoms with Gasteiger partial charge in [0.15, 0.2) is 0 Å². The minimum absolute atomic E-state index is 0.310. The van der Waals surface area contributed by atoms with Gasteiger partial charge in [-0.05, 0) is 13.3 Å². The van der Waals surface area contributed by atoms with Crippen LogP contribution in [0.4, 0.5) is 0 Å². The number of hydrogen-bond acceptors (Lipinski definition) is 4. The summed E-state index contributed by atoms with van der Waals surface area (Å²) in [6, 6.07) is 0. The maximum Gasteiger partial charge on any atom is 0.238 e. The van der Waals surface area contributed by atoms with Crippen molar-refractivity contribution < 1.29 is 17.9 Å². The van der Waals surface area contributed by atoms with Gasteiger partial charge in [0.05, 0.1) is 12.7 Å². The van der Waals surface area contributed by atoms with Crippen LogP contribution in [0.2, 0.25) is 0 Å². The molecule has 78 valence electrons. The molecule has 1 rings (SSSR count). The zero-order chi connectivity index (χ0) is 9.90. The average molecular weight is 229 g/mol. The Kier molecular flexibility index (Phi) is 3.97. The first-order chi connectivity index (χ1) is 6.05. The molecule has 0 N–H and O–H groups in total. The highest BCUT2D eigenvalue weighted by molar-refractivity contribution is 8.14. The fourth-order valence-electron chi connectivity index (χ4n) is 1.38. The maximum atomic E-state index is 11.1. The molecule has 0 amide bonds. The molecular weight excluding hydrogens is 216 g/mol. The second-order valence-electron chi connectivity index (χ2n) is 2.87. The third-order valence-corrected chi connectivity index (χ3v) is 3.93. The summed E-state index contributed by atoms with van der Waals surface area (Å²) in [6.07, 6.45) is -0.00231. The van der Waals surface area contributed by atoms with Crippen LogP contribution in [0, 0.1) is 0 Å². The monoisotopic (exact) mass is 228 g/mol. The molecule has 0 bridgehead atoms. The van der Waals surface area contributed by atoms with Gasteiger partial charge in [0, 0.05) is 23.9 Å². The van der Waals surface area contributed by atoms with E-state index in [1.165, 1.54) is 0 Å². The van der Waals surface area contributed by atoms with Crippen molar-refractivity contribution in [2.24, 2.45) is 0 Å². The molecule has 0 aromatic rings. The molecule has 1 aliphatic heterocycles. The fraction of sp³-hybridized carbons (Fsp3) is 1.00.